The largest absolute Gasteiger partial charge is 0.339 e. The first-order valence-corrected chi connectivity index (χ1v) is 8.25. The summed E-state index contributed by atoms with van der Waals surface area (Å²) < 4.78 is 0. The Morgan fingerprint density at radius 2 is 1.60 bits per heavy atom. The molecule has 1 N–H and O–H groups in total. The van der Waals surface area contributed by atoms with E-state index >= 15 is 0 Å². The molecule has 0 atom stereocenters. The number of carbonyl (C=O) groups excluding carboxylic acids is 1. The number of nitrogens with one attached hydrogen (secondary N) is 1. The van der Waals surface area contributed by atoms with Crippen LogP contribution in [0.3, 0.4) is 0 Å². The van der Waals surface area contributed by atoms with Crippen molar-refractivity contribution in [3.63, 3.8) is 0 Å². The summed E-state index contributed by atoms with van der Waals surface area (Å²) in [4.78, 5) is 14.4. The predicted octanol–water partition coefficient (Wildman–Crippen LogP) is 3.88. The molecular formula is C20H20N4O. The second-order valence-corrected chi connectivity index (χ2v) is 5.60. The van der Waals surface area contributed by atoms with Gasteiger partial charge in [-0.05, 0) is 36.8 Å². The van der Waals surface area contributed by atoms with Crippen molar-refractivity contribution < 1.29 is 4.79 Å². The zero-order chi connectivity index (χ0) is 17.5. The lowest BCUT2D eigenvalue weighted by atomic mass is 10.2. The lowest BCUT2D eigenvalue weighted by Crippen LogP contribution is -2.31. The van der Waals surface area contributed by atoms with Crippen LogP contribution in [0.4, 0.5) is 11.5 Å². The highest BCUT2D eigenvalue weighted by Crippen LogP contribution is 2.14. The van der Waals surface area contributed by atoms with Gasteiger partial charge >= 0.3 is 0 Å². The minimum atomic E-state index is -0.120. The van der Waals surface area contributed by atoms with E-state index in [1.807, 2.05) is 67.6 Å². The van der Waals surface area contributed by atoms with E-state index in [1.165, 1.54) is 0 Å². The van der Waals surface area contributed by atoms with Crippen LogP contribution < -0.4 is 5.32 Å². The normalized spacial score (nSPS) is 10.3. The molecule has 3 rings (SSSR count). The van der Waals surface area contributed by atoms with Crippen LogP contribution in [0.2, 0.25) is 0 Å². The molecule has 0 fully saturated rings. The molecule has 25 heavy (non-hydrogen) atoms. The van der Waals surface area contributed by atoms with Gasteiger partial charge in [0.2, 0.25) is 0 Å². The van der Waals surface area contributed by atoms with Gasteiger partial charge in [-0.15, -0.1) is 10.2 Å². The first-order valence-electron chi connectivity index (χ1n) is 8.25. The van der Waals surface area contributed by atoms with Crippen LogP contribution in [0.25, 0.3) is 0 Å². The number of hydrogen-bond acceptors (Lipinski definition) is 4. The lowest BCUT2D eigenvalue weighted by molar-refractivity contribution is 0.0745. The second-order valence-electron chi connectivity index (χ2n) is 5.60. The van der Waals surface area contributed by atoms with E-state index in [0.717, 1.165) is 11.3 Å². The molecule has 0 unspecified atom stereocenters. The van der Waals surface area contributed by atoms with E-state index in [2.05, 4.69) is 15.5 Å². The van der Waals surface area contributed by atoms with E-state index in [0.29, 0.717) is 24.6 Å². The van der Waals surface area contributed by atoms with Crippen molar-refractivity contribution >= 4 is 17.4 Å². The molecular weight excluding hydrogens is 312 g/mol. The minimum Gasteiger partial charge on any atom is -0.339 e. The van der Waals surface area contributed by atoms with Crippen LogP contribution in [0.5, 0.6) is 0 Å². The monoisotopic (exact) mass is 332 g/mol. The topological polar surface area (TPSA) is 58.1 Å². The third-order valence-electron chi connectivity index (χ3n) is 3.82. The fourth-order valence-corrected chi connectivity index (χ4v) is 2.48. The summed E-state index contributed by atoms with van der Waals surface area (Å²) >= 11 is 0. The smallest absolute Gasteiger partial charge is 0.274 e. The third-order valence-corrected chi connectivity index (χ3v) is 3.82. The van der Waals surface area contributed by atoms with Crippen LogP contribution >= 0.6 is 0 Å². The van der Waals surface area contributed by atoms with Crippen molar-refractivity contribution in [3.05, 3.63) is 84.1 Å². The molecule has 1 amide bonds. The second kappa shape index (κ2) is 8.06. The molecule has 0 aliphatic carbocycles. The molecule has 0 aliphatic heterocycles. The number of anilines is 2. The molecule has 1 aromatic heterocycles. The van der Waals surface area contributed by atoms with Crippen LogP contribution in [-0.4, -0.2) is 27.5 Å². The minimum absolute atomic E-state index is 0.120. The van der Waals surface area contributed by atoms with Crippen molar-refractivity contribution in [3.8, 4) is 0 Å². The van der Waals surface area contributed by atoms with Gasteiger partial charge in [0.15, 0.2) is 11.5 Å². The highest BCUT2D eigenvalue weighted by Gasteiger charge is 2.16. The number of amides is 1. The van der Waals surface area contributed by atoms with Crippen molar-refractivity contribution in [1.82, 2.24) is 15.1 Å². The number of aromatic nitrogens is 2. The molecule has 1 heterocycles. The number of rotatable bonds is 6. The first kappa shape index (κ1) is 16.6. The van der Waals surface area contributed by atoms with Gasteiger partial charge in [0.25, 0.3) is 5.91 Å². The maximum atomic E-state index is 12.7. The Kier molecular flexibility index (Phi) is 5.36. The lowest BCUT2D eigenvalue weighted by Gasteiger charge is -2.20. The van der Waals surface area contributed by atoms with Gasteiger partial charge in [-0.25, -0.2) is 0 Å². The Labute approximate surface area is 147 Å². The molecule has 5 nitrogen and oxygen atoms in total. The van der Waals surface area contributed by atoms with Gasteiger partial charge in [-0.3, -0.25) is 4.79 Å². The highest BCUT2D eigenvalue weighted by molar-refractivity contribution is 5.92. The summed E-state index contributed by atoms with van der Waals surface area (Å²) in [6.45, 7) is 3.13. The zero-order valence-corrected chi connectivity index (χ0v) is 14.1. The zero-order valence-electron chi connectivity index (χ0n) is 14.1. The Morgan fingerprint density at radius 1 is 0.920 bits per heavy atom. The van der Waals surface area contributed by atoms with E-state index < -0.39 is 0 Å². The van der Waals surface area contributed by atoms with Crippen molar-refractivity contribution in [2.75, 3.05) is 11.9 Å². The molecule has 3 aromatic rings. The molecule has 0 saturated heterocycles. The number of hydrogen-bond donors (Lipinski definition) is 1. The first-order chi connectivity index (χ1) is 12.3. The van der Waals surface area contributed by atoms with Gasteiger partial charge in [0.1, 0.15) is 0 Å². The quantitative estimate of drug-likeness (QED) is 0.744. The molecule has 126 valence electrons. The summed E-state index contributed by atoms with van der Waals surface area (Å²) in [6, 6.07) is 23.1. The summed E-state index contributed by atoms with van der Waals surface area (Å²) in [5.74, 6) is 0.485. The standard InChI is InChI=1S/C20H20N4O/c1-2-24(15-16-9-5-3-6-10-16)20(25)18-13-14-19(23-22-18)21-17-11-7-4-8-12-17/h3-14H,2,15H2,1H3,(H,21,23). The number of benzene rings is 2. The Bertz CT molecular complexity index is 804. The van der Waals surface area contributed by atoms with E-state index in [-0.39, 0.29) is 5.91 Å². The van der Waals surface area contributed by atoms with E-state index in [9.17, 15) is 4.79 Å². The maximum Gasteiger partial charge on any atom is 0.274 e. The van der Waals surface area contributed by atoms with Crippen molar-refractivity contribution in [1.29, 1.82) is 0 Å². The number of nitrogens with zero attached hydrogens (tertiary/aromatic N) is 3. The van der Waals surface area contributed by atoms with Gasteiger partial charge in [0, 0.05) is 18.8 Å². The number of para-hydroxylation sites is 1. The average molecular weight is 332 g/mol. The van der Waals surface area contributed by atoms with Gasteiger partial charge in [-0.2, -0.15) is 0 Å². The molecule has 0 radical (unpaired) electrons. The molecule has 0 spiro atoms. The fraction of sp³-hybridized carbons (Fsp3) is 0.150. The van der Waals surface area contributed by atoms with Gasteiger partial charge in [-0.1, -0.05) is 48.5 Å². The Hall–Kier alpha value is -3.21. The fourth-order valence-electron chi connectivity index (χ4n) is 2.48. The Balaban J connectivity index is 1.68. The summed E-state index contributed by atoms with van der Waals surface area (Å²) in [7, 11) is 0. The van der Waals surface area contributed by atoms with E-state index in [4.69, 9.17) is 0 Å². The number of carbonyl (C=O) groups is 1. The van der Waals surface area contributed by atoms with Crippen molar-refractivity contribution in [2.45, 2.75) is 13.5 Å². The van der Waals surface area contributed by atoms with E-state index in [1.54, 1.807) is 17.0 Å². The third kappa shape index (κ3) is 4.41. The highest BCUT2D eigenvalue weighted by atomic mass is 16.2. The van der Waals surface area contributed by atoms with Crippen LogP contribution in [0.1, 0.15) is 23.0 Å². The summed E-state index contributed by atoms with van der Waals surface area (Å²) in [5, 5.41) is 11.3. The molecule has 0 saturated carbocycles. The summed E-state index contributed by atoms with van der Waals surface area (Å²) in [5.41, 5.74) is 2.36. The predicted molar refractivity (Wildman–Crippen MR) is 98.6 cm³/mol. The molecule has 2 aromatic carbocycles. The van der Waals surface area contributed by atoms with Gasteiger partial charge in [0.05, 0.1) is 0 Å². The summed E-state index contributed by atoms with van der Waals surface area (Å²) in [6.07, 6.45) is 0. The van der Waals surface area contributed by atoms with Crippen molar-refractivity contribution in [2.24, 2.45) is 0 Å². The van der Waals surface area contributed by atoms with Crippen LogP contribution in [-0.2, 0) is 6.54 Å². The molecule has 0 bridgehead atoms. The maximum absolute atomic E-state index is 12.7. The van der Waals surface area contributed by atoms with Crippen LogP contribution in [0, 0.1) is 0 Å². The molecule has 5 heteroatoms. The SMILES string of the molecule is CCN(Cc1ccccc1)C(=O)c1ccc(Nc2ccccc2)nn1. The van der Waals surface area contributed by atoms with Gasteiger partial charge < -0.3 is 10.2 Å². The molecule has 0 aliphatic rings. The van der Waals surface area contributed by atoms with Crippen LogP contribution in [0.15, 0.2) is 72.8 Å². The average Bonchev–Trinajstić information content (AvgIpc) is 2.68. The Morgan fingerprint density at radius 3 is 2.20 bits per heavy atom.